The Balaban J connectivity index is 0.00000181. The molecule has 1 aliphatic rings. The van der Waals surface area contributed by atoms with E-state index in [-0.39, 0.29) is 40.7 Å². The van der Waals surface area contributed by atoms with Crippen molar-refractivity contribution in [2.75, 3.05) is 14.1 Å². The highest BCUT2D eigenvalue weighted by Crippen LogP contribution is 2.37. The first-order valence-corrected chi connectivity index (χ1v) is 12.6. The zero-order chi connectivity index (χ0) is 30.7. The van der Waals surface area contributed by atoms with E-state index in [0.717, 1.165) is 6.42 Å². The fourth-order valence-corrected chi connectivity index (χ4v) is 4.14. The van der Waals surface area contributed by atoms with Crippen LogP contribution in [-0.4, -0.2) is 77.3 Å². The molecule has 0 radical (unpaired) electrons. The zero-order valence-electron chi connectivity index (χ0n) is 23.8. The predicted molar refractivity (Wildman–Crippen MR) is 142 cm³/mol. The summed E-state index contributed by atoms with van der Waals surface area (Å²) in [6.45, 7) is 11.4. The molecule has 12 heteroatoms. The third kappa shape index (κ3) is 10.9. The van der Waals surface area contributed by atoms with E-state index in [0.29, 0.717) is 6.42 Å². The highest BCUT2D eigenvalue weighted by molar-refractivity contribution is 5.90. The largest absolute Gasteiger partial charge is 0.490 e. The Labute approximate surface area is 228 Å². The third-order valence-electron chi connectivity index (χ3n) is 6.92. The zero-order valence-corrected chi connectivity index (χ0v) is 23.8. The van der Waals surface area contributed by atoms with Crippen LogP contribution in [0.5, 0.6) is 0 Å². The van der Waals surface area contributed by atoms with E-state index in [1.807, 2.05) is 39.8 Å². The number of halogens is 3. The van der Waals surface area contributed by atoms with Gasteiger partial charge in [0.1, 0.15) is 6.04 Å². The van der Waals surface area contributed by atoms with E-state index in [1.54, 1.807) is 25.1 Å². The molecular formula is C27H42F3N3O6. The fourth-order valence-electron chi connectivity index (χ4n) is 4.14. The monoisotopic (exact) mass is 561 g/mol. The molecule has 2 amide bonds. The van der Waals surface area contributed by atoms with E-state index < -0.39 is 30.2 Å². The van der Waals surface area contributed by atoms with Gasteiger partial charge >= 0.3 is 18.1 Å². The smallest absolute Gasteiger partial charge is 0.478 e. The number of carboxylic acids is 2. The predicted octanol–water partition coefficient (Wildman–Crippen LogP) is 3.77. The summed E-state index contributed by atoms with van der Waals surface area (Å²) in [7, 11) is 3.42. The minimum atomic E-state index is -5.08. The average Bonchev–Trinajstić information content (AvgIpc) is 2.85. The lowest BCUT2D eigenvalue weighted by Gasteiger charge is -2.38. The number of aliphatic carboxylic acids is 2. The van der Waals surface area contributed by atoms with Gasteiger partial charge in [0, 0.05) is 12.6 Å². The molecule has 0 spiro atoms. The topological polar surface area (TPSA) is 136 Å². The van der Waals surface area contributed by atoms with Gasteiger partial charge in [-0.2, -0.15) is 13.2 Å². The number of alkyl halides is 3. The fraction of sp³-hybridized carbons (Fsp3) is 0.630. The second kappa shape index (κ2) is 15.4. The van der Waals surface area contributed by atoms with Crippen LogP contribution in [0.25, 0.3) is 0 Å². The second-order valence-corrected chi connectivity index (χ2v) is 10.2. The van der Waals surface area contributed by atoms with E-state index in [1.165, 1.54) is 6.92 Å². The molecule has 1 rings (SSSR count). The van der Waals surface area contributed by atoms with Crippen molar-refractivity contribution in [1.29, 1.82) is 0 Å². The van der Waals surface area contributed by atoms with Gasteiger partial charge in [0.2, 0.25) is 11.8 Å². The molecule has 39 heavy (non-hydrogen) atoms. The first-order valence-electron chi connectivity index (χ1n) is 12.6. The van der Waals surface area contributed by atoms with Crippen LogP contribution in [0.1, 0.15) is 54.4 Å². The number of amides is 2. The Morgan fingerprint density at radius 3 is 2.03 bits per heavy atom. The van der Waals surface area contributed by atoms with E-state index >= 15 is 0 Å². The van der Waals surface area contributed by atoms with Crippen LogP contribution >= 0.6 is 0 Å². The number of nitrogens with one attached hydrogen (secondary N) is 2. The van der Waals surface area contributed by atoms with Crippen molar-refractivity contribution in [3.8, 4) is 0 Å². The minimum Gasteiger partial charge on any atom is -0.478 e. The summed E-state index contributed by atoms with van der Waals surface area (Å²) in [5.41, 5.74) is 0.0248. The van der Waals surface area contributed by atoms with Gasteiger partial charge in [-0.3, -0.25) is 9.59 Å². The number of carbonyl (C=O) groups is 4. The maximum Gasteiger partial charge on any atom is 0.490 e. The van der Waals surface area contributed by atoms with Crippen molar-refractivity contribution >= 4 is 23.8 Å². The summed E-state index contributed by atoms with van der Waals surface area (Å²) < 4.78 is 31.7. The van der Waals surface area contributed by atoms with Gasteiger partial charge in [-0.05, 0) is 44.1 Å². The molecule has 5 atom stereocenters. The molecule has 4 N–H and O–H groups in total. The maximum absolute atomic E-state index is 13.2. The number of hydrogen-bond acceptors (Lipinski definition) is 5. The van der Waals surface area contributed by atoms with Gasteiger partial charge in [0.25, 0.3) is 0 Å². The highest BCUT2D eigenvalue weighted by atomic mass is 19.4. The van der Waals surface area contributed by atoms with E-state index in [9.17, 15) is 32.7 Å². The Morgan fingerprint density at radius 2 is 1.67 bits per heavy atom. The summed E-state index contributed by atoms with van der Waals surface area (Å²) in [4.78, 5) is 48.1. The molecule has 222 valence electrons. The van der Waals surface area contributed by atoms with E-state index in [4.69, 9.17) is 9.90 Å². The number of likely N-dealkylation sites (N-methyl/N-ethyl adjacent to an activating group) is 2. The number of rotatable bonds is 11. The van der Waals surface area contributed by atoms with Crippen molar-refractivity contribution in [2.24, 2.45) is 17.3 Å². The van der Waals surface area contributed by atoms with Crippen LogP contribution < -0.4 is 10.6 Å². The molecule has 1 aliphatic carbocycles. The standard InChI is InChI=1S/C25H41N3O4.C2HF3O2/c1-9-19(23(30)28(8)20(16(2)3)15-17(4)24(31)32)27-22(29)21(26-7)18(5)25(6)13-11-10-12-14-25;3-2(4,5)1(6)7/h10-13,15-16,18-21,26H,9,14H2,1-8H3,(H,27,29)(H,31,32);(H,6,7)/b17-15+;/t18?,19-,20+,21-,25?;/m0./s1. The second-order valence-electron chi connectivity index (χ2n) is 10.2. The van der Waals surface area contributed by atoms with Gasteiger partial charge in [-0.15, -0.1) is 0 Å². The molecule has 0 aromatic rings. The molecule has 2 unspecified atom stereocenters. The molecule has 0 aromatic heterocycles. The lowest BCUT2D eigenvalue weighted by molar-refractivity contribution is -0.192. The quantitative estimate of drug-likeness (QED) is 0.282. The van der Waals surface area contributed by atoms with Crippen LogP contribution in [0.15, 0.2) is 36.0 Å². The van der Waals surface area contributed by atoms with Crippen molar-refractivity contribution < 1.29 is 42.6 Å². The SMILES string of the molecule is CC[C@H](NC(=O)[C@@H](NC)C(C)C1(C)C=CC=CC1)C(=O)N(C)[C@H](/C=C(\C)C(=O)O)C(C)C.O=C(O)C(F)(F)F. The Morgan fingerprint density at radius 1 is 1.13 bits per heavy atom. The molecule has 0 aromatic carbocycles. The number of nitrogens with zero attached hydrogens (tertiary/aromatic N) is 1. The summed E-state index contributed by atoms with van der Waals surface area (Å²) in [5.74, 6) is -4.19. The van der Waals surface area contributed by atoms with Crippen molar-refractivity contribution in [3.05, 3.63) is 36.0 Å². The molecule has 9 nitrogen and oxygen atoms in total. The molecule has 0 heterocycles. The van der Waals surface area contributed by atoms with Gasteiger partial charge in [-0.25, -0.2) is 9.59 Å². The molecule has 0 aliphatic heterocycles. The molecule has 0 saturated heterocycles. The summed E-state index contributed by atoms with van der Waals surface area (Å²) >= 11 is 0. The molecule has 0 saturated carbocycles. The number of carbonyl (C=O) groups excluding carboxylic acids is 2. The van der Waals surface area contributed by atoms with Gasteiger partial charge in [0.05, 0.1) is 12.1 Å². The van der Waals surface area contributed by atoms with E-state index in [2.05, 4.69) is 29.7 Å². The molecular weight excluding hydrogens is 519 g/mol. The lowest BCUT2D eigenvalue weighted by atomic mass is 9.70. The molecule has 0 fully saturated rings. The summed E-state index contributed by atoms with van der Waals surface area (Å²) in [5, 5.41) is 22.4. The summed E-state index contributed by atoms with van der Waals surface area (Å²) in [6.07, 6.45) is 6.06. The maximum atomic E-state index is 13.2. The first-order chi connectivity index (χ1) is 17.8. The van der Waals surface area contributed by atoms with Crippen LogP contribution in [0.3, 0.4) is 0 Å². The highest BCUT2D eigenvalue weighted by Gasteiger charge is 2.39. The van der Waals surface area contributed by atoms with Crippen molar-refractivity contribution in [3.63, 3.8) is 0 Å². The Bertz CT molecular complexity index is 961. The van der Waals surface area contributed by atoms with Crippen molar-refractivity contribution in [1.82, 2.24) is 15.5 Å². The van der Waals surface area contributed by atoms with Crippen LogP contribution in [-0.2, 0) is 19.2 Å². The van der Waals surface area contributed by atoms with Gasteiger partial charge < -0.3 is 25.7 Å². The number of carboxylic acid groups (broad SMARTS) is 2. The summed E-state index contributed by atoms with van der Waals surface area (Å²) in [6, 6.07) is -1.54. The minimum absolute atomic E-state index is 0.00333. The number of hydrogen-bond donors (Lipinski definition) is 4. The van der Waals surface area contributed by atoms with Crippen LogP contribution in [0.4, 0.5) is 13.2 Å². The van der Waals surface area contributed by atoms with Crippen molar-refractivity contribution in [2.45, 2.75) is 78.7 Å². The Kier molecular flexibility index (Phi) is 14.2. The Hall–Kier alpha value is -3.15. The van der Waals surface area contributed by atoms with Crippen LogP contribution in [0, 0.1) is 17.3 Å². The van der Waals surface area contributed by atoms with Gasteiger partial charge in [0.15, 0.2) is 0 Å². The van der Waals surface area contributed by atoms with Crippen LogP contribution in [0.2, 0.25) is 0 Å². The number of allylic oxidation sites excluding steroid dienone is 4. The third-order valence-corrected chi connectivity index (χ3v) is 6.92. The average molecular weight is 562 g/mol. The normalized spacial score (nSPS) is 20.3. The first kappa shape index (κ1) is 35.9. The van der Waals surface area contributed by atoms with Gasteiger partial charge in [-0.1, -0.05) is 65.0 Å². The lowest BCUT2D eigenvalue weighted by Crippen LogP contribution is -2.57. The molecule has 0 bridgehead atoms.